The summed E-state index contributed by atoms with van der Waals surface area (Å²) in [5.41, 5.74) is 0. The molecule has 1 aromatic rings. The van der Waals surface area contributed by atoms with Gasteiger partial charge in [-0.1, -0.05) is 0 Å². The topological polar surface area (TPSA) is 82.2 Å². The lowest BCUT2D eigenvalue weighted by Crippen LogP contribution is -2.30. The predicted molar refractivity (Wildman–Crippen MR) is 47.7 cm³/mol. The zero-order valence-corrected chi connectivity index (χ0v) is 8.00. The van der Waals surface area contributed by atoms with E-state index in [4.69, 9.17) is 5.11 Å². The smallest absolute Gasteiger partial charge is 0.242 e. The van der Waals surface area contributed by atoms with E-state index in [0.717, 1.165) is 0 Å². The molecule has 0 fully saturated rings. The average molecular weight is 204 g/mol. The van der Waals surface area contributed by atoms with Gasteiger partial charge in [0.1, 0.15) is 0 Å². The number of aromatic amines is 1. The minimum atomic E-state index is -3.45. The summed E-state index contributed by atoms with van der Waals surface area (Å²) < 4.78 is 25.0. The van der Waals surface area contributed by atoms with Gasteiger partial charge in [0, 0.05) is 18.9 Å². The molecule has 3 N–H and O–H groups in total. The van der Waals surface area contributed by atoms with E-state index in [0.29, 0.717) is 0 Å². The van der Waals surface area contributed by atoms with Gasteiger partial charge < -0.3 is 10.1 Å². The first-order valence-electron chi connectivity index (χ1n) is 3.83. The van der Waals surface area contributed by atoms with Gasteiger partial charge >= 0.3 is 0 Å². The van der Waals surface area contributed by atoms with Gasteiger partial charge in [0.05, 0.1) is 11.0 Å². The average Bonchev–Trinajstić information content (AvgIpc) is 2.53. The normalized spacial score (nSPS) is 14.3. The number of rotatable bonds is 4. The standard InChI is InChI=1S/C7H12N2O3S/c1-6(10)4-9-13(11,12)7-2-3-8-5-7/h2-3,5-6,8-10H,4H2,1H3/t6-/m0/s1. The zero-order chi connectivity index (χ0) is 9.90. The number of aliphatic hydroxyl groups is 1. The van der Waals surface area contributed by atoms with Crippen LogP contribution >= 0.6 is 0 Å². The van der Waals surface area contributed by atoms with Crippen LogP contribution in [0.4, 0.5) is 0 Å². The van der Waals surface area contributed by atoms with E-state index in [9.17, 15) is 8.42 Å². The van der Waals surface area contributed by atoms with Crippen LogP contribution in [0.1, 0.15) is 6.92 Å². The molecule has 0 bridgehead atoms. The second-order valence-corrected chi connectivity index (χ2v) is 4.51. The highest BCUT2D eigenvalue weighted by molar-refractivity contribution is 7.89. The summed E-state index contributed by atoms with van der Waals surface area (Å²) in [6.07, 6.45) is 2.22. The van der Waals surface area contributed by atoms with Crippen LogP contribution in [0.15, 0.2) is 23.4 Å². The van der Waals surface area contributed by atoms with Gasteiger partial charge in [-0.2, -0.15) is 0 Å². The van der Waals surface area contributed by atoms with E-state index >= 15 is 0 Å². The summed E-state index contributed by atoms with van der Waals surface area (Å²) in [5, 5.41) is 8.88. The fourth-order valence-corrected chi connectivity index (χ4v) is 1.89. The highest BCUT2D eigenvalue weighted by Gasteiger charge is 2.13. The molecule has 0 radical (unpaired) electrons. The number of nitrogens with one attached hydrogen (secondary N) is 2. The summed E-state index contributed by atoms with van der Waals surface area (Å²) in [5.74, 6) is 0. The first kappa shape index (κ1) is 10.2. The molecule has 0 amide bonds. The fourth-order valence-electron chi connectivity index (χ4n) is 0.789. The number of hydrogen-bond acceptors (Lipinski definition) is 3. The molecule has 0 spiro atoms. The number of aromatic nitrogens is 1. The van der Waals surface area contributed by atoms with Crippen molar-refractivity contribution in [1.82, 2.24) is 9.71 Å². The molecule has 1 rings (SSSR count). The largest absolute Gasteiger partial charge is 0.392 e. The van der Waals surface area contributed by atoms with Crippen molar-refractivity contribution in [2.75, 3.05) is 6.54 Å². The highest BCUT2D eigenvalue weighted by Crippen LogP contribution is 2.05. The molecule has 13 heavy (non-hydrogen) atoms. The Hall–Kier alpha value is -0.850. The van der Waals surface area contributed by atoms with Crippen LogP contribution in [0.2, 0.25) is 0 Å². The molecule has 0 saturated heterocycles. The van der Waals surface area contributed by atoms with Gasteiger partial charge in [-0.25, -0.2) is 13.1 Å². The molecule has 0 aliphatic rings. The molecule has 5 nitrogen and oxygen atoms in total. The first-order valence-corrected chi connectivity index (χ1v) is 5.31. The maximum Gasteiger partial charge on any atom is 0.242 e. The second kappa shape index (κ2) is 3.91. The van der Waals surface area contributed by atoms with Crippen LogP contribution in [-0.2, 0) is 10.0 Å². The molecule has 0 aliphatic heterocycles. The Balaban J connectivity index is 2.68. The monoisotopic (exact) mass is 204 g/mol. The summed E-state index contributed by atoms with van der Waals surface area (Å²) >= 11 is 0. The van der Waals surface area contributed by atoms with Crippen LogP contribution in [-0.4, -0.2) is 31.2 Å². The van der Waals surface area contributed by atoms with Crippen LogP contribution in [0.3, 0.4) is 0 Å². The maximum absolute atomic E-state index is 11.4. The maximum atomic E-state index is 11.4. The predicted octanol–water partition coefficient (Wildman–Crippen LogP) is -0.326. The van der Waals surface area contributed by atoms with Crippen molar-refractivity contribution in [2.45, 2.75) is 17.9 Å². The summed E-state index contributed by atoms with van der Waals surface area (Å²) in [6.45, 7) is 1.53. The van der Waals surface area contributed by atoms with Crippen LogP contribution in [0, 0.1) is 0 Å². The van der Waals surface area contributed by atoms with E-state index in [1.165, 1.54) is 25.4 Å². The third kappa shape index (κ3) is 2.83. The van der Waals surface area contributed by atoms with E-state index in [-0.39, 0.29) is 11.4 Å². The van der Waals surface area contributed by atoms with Crippen molar-refractivity contribution < 1.29 is 13.5 Å². The van der Waals surface area contributed by atoms with Crippen molar-refractivity contribution in [2.24, 2.45) is 0 Å². The Kier molecular flexibility index (Phi) is 3.07. The van der Waals surface area contributed by atoms with Crippen molar-refractivity contribution in [3.05, 3.63) is 18.5 Å². The third-order valence-corrected chi connectivity index (χ3v) is 2.87. The van der Waals surface area contributed by atoms with Crippen molar-refractivity contribution in [3.63, 3.8) is 0 Å². The second-order valence-electron chi connectivity index (χ2n) is 2.75. The molecule has 1 aromatic heterocycles. The first-order chi connectivity index (χ1) is 6.02. The van der Waals surface area contributed by atoms with E-state index in [2.05, 4.69) is 9.71 Å². The van der Waals surface area contributed by atoms with Crippen LogP contribution in [0.25, 0.3) is 0 Å². The molecular formula is C7H12N2O3S. The molecule has 0 aromatic carbocycles. The summed E-state index contributed by atoms with van der Waals surface area (Å²) in [6, 6.07) is 1.45. The molecule has 74 valence electrons. The SMILES string of the molecule is C[C@H](O)CNS(=O)(=O)c1cc[nH]c1. The Morgan fingerprint density at radius 2 is 2.38 bits per heavy atom. The van der Waals surface area contributed by atoms with Crippen molar-refractivity contribution in [3.8, 4) is 0 Å². The minimum absolute atomic E-state index is 0.0213. The Labute approximate surface area is 76.8 Å². The molecular weight excluding hydrogens is 192 g/mol. The fraction of sp³-hybridized carbons (Fsp3) is 0.429. The lowest BCUT2D eigenvalue weighted by Gasteiger charge is -2.05. The molecule has 0 aliphatic carbocycles. The number of sulfonamides is 1. The summed E-state index contributed by atoms with van der Waals surface area (Å²) in [7, 11) is -3.45. The van der Waals surface area contributed by atoms with Gasteiger partial charge in [-0.3, -0.25) is 0 Å². The number of H-pyrrole nitrogens is 1. The summed E-state index contributed by atoms with van der Waals surface area (Å²) in [4.78, 5) is 2.82. The zero-order valence-electron chi connectivity index (χ0n) is 7.19. The van der Waals surface area contributed by atoms with Gasteiger partial charge in [-0.05, 0) is 13.0 Å². The van der Waals surface area contributed by atoms with E-state index in [1.807, 2.05) is 0 Å². The van der Waals surface area contributed by atoms with Crippen molar-refractivity contribution >= 4 is 10.0 Å². The lowest BCUT2D eigenvalue weighted by atomic mass is 10.4. The Bertz CT molecular complexity index is 342. The van der Waals surface area contributed by atoms with E-state index in [1.54, 1.807) is 0 Å². The third-order valence-electron chi connectivity index (χ3n) is 1.45. The molecule has 1 heterocycles. The molecule has 0 unspecified atom stereocenters. The van der Waals surface area contributed by atoms with Gasteiger partial charge in [-0.15, -0.1) is 0 Å². The van der Waals surface area contributed by atoms with Gasteiger partial charge in [0.2, 0.25) is 10.0 Å². The minimum Gasteiger partial charge on any atom is -0.392 e. The Morgan fingerprint density at radius 1 is 1.69 bits per heavy atom. The molecule has 6 heteroatoms. The van der Waals surface area contributed by atoms with Crippen molar-refractivity contribution in [1.29, 1.82) is 0 Å². The number of aliphatic hydroxyl groups excluding tert-OH is 1. The molecule has 0 saturated carbocycles. The lowest BCUT2D eigenvalue weighted by molar-refractivity contribution is 0.198. The Morgan fingerprint density at radius 3 is 2.85 bits per heavy atom. The van der Waals surface area contributed by atoms with Crippen LogP contribution in [0.5, 0.6) is 0 Å². The van der Waals surface area contributed by atoms with E-state index < -0.39 is 16.1 Å². The van der Waals surface area contributed by atoms with Gasteiger partial charge in [0.25, 0.3) is 0 Å². The van der Waals surface area contributed by atoms with Crippen LogP contribution < -0.4 is 4.72 Å². The quantitative estimate of drug-likeness (QED) is 0.628. The number of hydrogen-bond donors (Lipinski definition) is 3. The molecule has 1 atom stereocenters. The van der Waals surface area contributed by atoms with Gasteiger partial charge in [0.15, 0.2) is 0 Å². The highest BCUT2D eigenvalue weighted by atomic mass is 32.2.